The van der Waals surface area contributed by atoms with Crippen LogP contribution in [0.2, 0.25) is 0 Å². The SMILES string of the molecule is c1ccc(-c2ccc(C3N=C(c4ccc5c(c4)oc4ccccc45)N=C(c4cc(C5CCc6cc7ccccc7cc6-c6ccccc65)cc5oc6cc7ccccc7cc6c45)N3)cc2)cc1. The molecular formula is C62H41N3O2. The molecule has 2 unspecified atom stereocenters. The highest BCUT2D eigenvalue weighted by atomic mass is 16.3. The molecule has 10 aromatic carbocycles. The van der Waals surface area contributed by atoms with Crippen molar-refractivity contribution >= 4 is 77.1 Å². The number of hydrogen-bond donors (Lipinski definition) is 1. The molecular weight excluding hydrogens is 819 g/mol. The third-order valence-electron chi connectivity index (χ3n) is 14.1. The summed E-state index contributed by atoms with van der Waals surface area (Å²) in [4.78, 5) is 10.9. The molecule has 0 radical (unpaired) electrons. The number of para-hydroxylation sites is 1. The fourth-order valence-electron chi connectivity index (χ4n) is 10.8. The summed E-state index contributed by atoms with van der Waals surface area (Å²) in [6, 6.07) is 73.9. The van der Waals surface area contributed by atoms with E-state index in [1.165, 1.54) is 44.2 Å². The average molecular weight is 860 g/mol. The second kappa shape index (κ2) is 15.0. The number of aliphatic imine (C=N–C) groups is 2. The molecule has 0 saturated heterocycles. The molecule has 0 saturated carbocycles. The van der Waals surface area contributed by atoms with Gasteiger partial charge in [0.25, 0.3) is 0 Å². The minimum absolute atomic E-state index is 0.0938. The van der Waals surface area contributed by atoms with Gasteiger partial charge in [0.05, 0.1) is 0 Å². The molecule has 2 atom stereocenters. The molecule has 14 rings (SSSR count). The maximum absolute atomic E-state index is 6.99. The van der Waals surface area contributed by atoms with Crippen LogP contribution in [0.4, 0.5) is 0 Å². The first kappa shape index (κ1) is 37.8. The summed E-state index contributed by atoms with van der Waals surface area (Å²) in [7, 11) is 0. The first-order valence-corrected chi connectivity index (χ1v) is 23.2. The summed E-state index contributed by atoms with van der Waals surface area (Å²) < 4.78 is 13.4. The Morgan fingerprint density at radius 3 is 1.94 bits per heavy atom. The summed E-state index contributed by atoms with van der Waals surface area (Å²) in [5.41, 5.74) is 15.1. The van der Waals surface area contributed by atoms with Gasteiger partial charge in [-0.2, -0.15) is 0 Å². The first-order valence-electron chi connectivity index (χ1n) is 23.2. The van der Waals surface area contributed by atoms with E-state index in [0.29, 0.717) is 5.84 Å². The van der Waals surface area contributed by atoms with Gasteiger partial charge in [0.2, 0.25) is 0 Å². The van der Waals surface area contributed by atoms with Crippen molar-refractivity contribution < 1.29 is 8.83 Å². The van der Waals surface area contributed by atoms with Crippen LogP contribution in [0.3, 0.4) is 0 Å². The van der Waals surface area contributed by atoms with Crippen LogP contribution < -0.4 is 5.32 Å². The van der Waals surface area contributed by atoms with E-state index in [9.17, 15) is 0 Å². The highest BCUT2D eigenvalue weighted by Gasteiger charge is 2.29. The Hall–Kier alpha value is -8.54. The summed E-state index contributed by atoms with van der Waals surface area (Å²) in [5.74, 6) is 1.47. The Balaban J connectivity index is 0.976. The molecule has 316 valence electrons. The van der Waals surface area contributed by atoms with Gasteiger partial charge in [-0.25, -0.2) is 9.98 Å². The van der Waals surface area contributed by atoms with E-state index in [0.717, 1.165) is 95.6 Å². The molecule has 2 aliphatic rings. The molecule has 3 heterocycles. The van der Waals surface area contributed by atoms with Crippen molar-refractivity contribution in [2.75, 3.05) is 0 Å². The molecule has 67 heavy (non-hydrogen) atoms. The lowest BCUT2D eigenvalue weighted by Crippen LogP contribution is -2.33. The minimum atomic E-state index is -0.432. The predicted molar refractivity (Wildman–Crippen MR) is 275 cm³/mol. The zero-order valence-corrected chi connectivity index (χ0v) is 36.4. The lowest BCUT2D eigenvalue weighted by atomic mass is 9.84. The number of benzene rings is 10. The van der Waals surface area contributed by atoms with E-state index in [2.05, 4.69) is 199 Å². The third kappa shape index (κ3) is 6.30. The molecule has 0 bridgehead atoms. The van der Waals surface area contributed by atoms with Crippen molar-refractivity contribution in [3.8, 4) is 22.3 Å². The Labute approximate surface area is 386 Å². The smallest absolute Gasteiger partial charge is 0.159 e. The first-order chi connectivity index (χ1) is 33.1. The van der Waals surface area contributed by atoms with Crippen LogP contribution in [-0.4, -0.2) is 11.7 Å². The summed E-state index contributed by atoms with van der Waals surface area (Å²) >= 11 is 0. The van der Waals surface area contributed by atoms with Crippen LogP contribution in [0.5, 0.6) is 0 Å². The summed E-state index contributed by atoms with van der Waals surface area (Å²) in [5, 5.41) is 12.9. The third-order valence-corrected chi connectivity index (χ3v) is 14.1. The Bertz CT molecular complexity index is 4030. The van der Waals surface area contributed by atoms with E-state index >= 15 is 0 Å². The zero-order valence-electron chi connectivity index (χ0n) is 36.4. The highest BCUT2D eigenvalue weighted by Crippen LogP contribution is 2.45. The minimum Gasteiger partial charge on any atom is -0.456 e. The van der Waals surface area contributed by atoms with Crippen molar-refractivity contribution in [3.63, 3.8) is 0 Å². The topological polar surface area (TPSA) is 63.0 Å². The molecule has 1 N–H and O–H groups in total. The van der Waals surface area contributed by atoms with E-state index in [4.69, 9.17) is 18.8 Å². The number of nitrogens with zero attached hydrogens (tertiary/aromatic N) is 2. The molecule has 0 spiro atoms. The Kier molecular flexibility index (Phi) is 8.47. The molecule has 2 aromatic heterocycles. The van der Waals surface area contributed by atoms with Gasteiger partial charge in [0.15, 0.2) is 5.84 Å². The van der Waals surface area contributed by atoms with E-state index in [1.807, 2.05) is 12.1 Å². The van der Waals surface area contributed by atoms with Crippen molar-refractivity contribution in [1.29, 1.82) is 0 Å². The lowest BCUT2D eigenvalue weighted by Gasteiger charge is -2.25. The second-order valence-electron chi connectivity index (χ2n) is 18.0. The number of aryl methyl sites for hydroxylation is 1. The van der Waals surface area contributed by atoms with E-state index < -0.39 is 6.17 Å². The van der Waals surface area contributed by atoms with Crippen molar-refractivity contribution in [1.82, 2.24) is 5.32 Å². The largest absolute Gasteiger partial charge is 0.456 e. The number of hydrogen-bond acceptors (Lipinski definition) is 5. The van der Waals surface area contributed by atoms with Crippen molar-refractivity contribution in [2.45, 2.75) is 24.9 Å². The lowest BCUT2D eigenvalue weighted by molar-refractivity contribution is 0.664. The summed E-state index contributed by atoms with van der Waals surface area (Å²) in [6.45, 7) is 0. The van der Waals surface area contributed by atoms with Crippen LogP contribution in [-0.2, 0) is 6.42 Å². The molecule has 1 aliphatic carbocycles. The van der Waals surface area contributed by atoms with E-state index in [-0.39, 0.29) is 5.92 Å². The average Bonchev–Trinajstić information content (AvgIpc) is 3.90. The summed E-state index contributed by atoms with van der Waals surface area (Å²) in [6.07, 6.45) is 1.45. The fraction of sp³-hybridized carbons (Fsp3) is 0.0645. The second-order valence-corrected chi connectivity index (χ2v) is 18.0. The van der Waals surface area contributed by atoms with Crippen molar-refractivity contribution in [3.05, 3.63) is 240 Å². The van der Waals surface area contributed by atoms with Crippen LogP contribution >= 0.6 is 0 Å². The van der Waals surface area contributed by atoms with Gasteiger partial charge in [0.1, 0.15) is 34.3 Å². The molecule has 12 aromatic rings. The molecule has 0 fully saturated rings. The van der Waals surface area contributed by atoms with Gasteiger partial charge in [-0.3, -0.25) is 0 Å². The molecule has 5 nitrogen and oxygen atoms in total. The fourth-order valence-corrected chi connectivity index (χ4v) is 10.8. The van der Waals surface area contributed by atoms with Crippen LogP contribution in [0.25, 0.3) is 87.7 Å². The molecule has 5 heteroatoms. The molecule has 0 amide bonds. The van der Waals surface area contributed by atoms with Gasteiger partial charge in [-0.05, 0) is 127 Å². The number of fused-ring (bicyclic) bond motifs is 11. The van der Waals surface area contributed by atoms with Gasteiger partial charge >= 0.3 is 0 Å². The quantitative estimate of drug-likeness (QED) is 0.187. The van der Waals surface area contributed by atoms with Crippen LogP contribution in [0, 0.1) is 0 Å². The highest BCUT2D eigenvalue weighted by molar-refractivity contribution is 6.23. The van der Waals surface area contributed by atoms with Crippen LogP contribution in [0.15, 0.2) is 225 Å². The standard InChI is InChI=1S/C62H41N3O2/c1-2-12-37(13-3-1)38-22-24-39(25-23-38)60-63-61(45-27-29-51-50-20-10-11-21-55(50)66-56(51)35-45)65-62(64-60)54-33-46(36-58-59(54)53-32-42-16-6-7-17-43(42)34-57(53)67-58)47-28-26-44-30-40-14-4-5-15-41(40)31-52(44)49-19-9-8-18-48(47)49/h1-25,27,29-36,47,60H,26,28H2,(H,63,64,65). The Morgan fingerprint density at radius 2 is 1.09 bits per heavy atom. The Morgan fingerprint density at radius 1 is 0.433 bits per heavy atom. The number of rotatable bonds is 5. The van der Waals surface area contributed by atoms with E-state index in [1.54, 1.807) is 0 Å². The number of amidine groups is 2. The maximum atomic E-state index is 6.99. The monoisotopic (exact) mass is 859 g/mol. The van der Waals surface area contributed by atoms with Gasteiger partial charge in [-0.1, -0.05) is 158 Å². The van der Waals surface area contributed by atoms with Crippen LogP contribution in [0.1, 0.15) is 51.9 Å². The van der Waals surface area contributed by atoms with Gasteiger partial charge in [-0.15, -0.1) is 0 Å². The van der Waals surface area contributed by atoms with Gasteiger partial charge < -0.3 is 14.2 Å². The zero-order chi connectivity index (χ0) is 44.0. The maximum Gasteiger partial charge on any atom is 0.159 e. The van der Waals surface area contributed by atoms with Crippen molar-refractivity contribution in [2.24, 2.45) is 9.98 Å². The predicted octanol–water partition coefficient (Wildman–Crippen LogP) is 15.7. The normalized spacial score (nSPS) is 15.9. The number of furan rings is 2. The van der Waals surface area contributed by atoms with Gasteiger partial charge in [0, 0.05) is 38.6 Å². The number of nitrogens with one attached hydrogen (secondary N) is 1. The molecule has 1 aliphatic heterocycles.